The zero-order valence-electron chi connectivity index (χ0n) is 17.3. The van der Waals surface area contributed by atoms with Crippen molar-refractivity contribution >= 4 is 29.9 Å². The highest BCUT2D eigenvalue weighted by molar-refractivity contribution is 14.0. The Morgan fingerprint density at radius 3 is 2.34 bits per heavy atom. The van der Waals surface area contributed by atoms with Crippen LogP contribution in [0.1, 0.15) is 30.9 Å². The van der Waals surface area contributed by atoms with Crippen molar-refractivity contribution in [2.75, 3.05) is 33.4 Å². The number of guanidine groups is 1. The fourth-order valence-corrected chi connectivity index (χ4v) is 3.62. The molecule has 29 heavy (non-hydrogen) atoms. The topological polar surface area (TPSA) is 54.9 Å². The Labute approximate surface area is 191 Å². The van der Waals surface area contributed by atoms with Crippen LogP contribution in [0.3, 0.4) is 0 Å². The molecular weight excluding hydrogens is 477 g/mol. The minimum Gasteiger partial charge on any atom is -0.497 e. The van der Waals surface area contributed by atoms with E-state index in [4.69, 9.17) is 14.5 Å². The van der Waals surface area contributed by atoms with E-state index >= 15 is 0 Å². The largest absolute Gasteiger partial charge is 0.497 e. The monoisotopic (exact) mass is 509 g/mol. The molecule has 0 unspecified atom stereocenters. The van der Waals surface area contributed by atoms with Gasteiger partial charge in [-0.05, 0) is 43.0 Å². The zero-order valence-corrected chi connectivity index (χ0v) is 19.6. The summed E-state index contributed by atoms with van der Waals surface area (Å²) in [4.78, 5) is 4.77. The second-order valence-corrected chi connectivity index (χ2v) is 7.16. The molecule has 2 aromatic carbocycles. The lowest BCUT2D eigenvalue weighted by molar-refractivity contribution is 0.0514. The van der Waals surface area contributed by atoms with Gasteiger partial charge in [-0.3, -0.25) is 0 Å². The van der Waals surface area contributed by atoms with Crippen LogP contribution >= 0.6 is 24.0 Å². The van der Waals surface area contributed by atoms with Gasteiger partial charge in [0.15, 0.2) is 5.96 Å². The van der Waals surface area contributed by atoms with Gasteiger partial charge < -0.3 is 20.1 Å². The molecule has 0 amide bonds. The summed E-state index contributed by atoms with van der Waals surface area (Å²) in [5, 5.41) is 6.95. The normalized spacial score (nSPS) is 15.9. The van der Waals surface area contributed by atoms with E-state index in [0.717, 1.165) is 56.4 Å². The van der Waals surface area contributed by atoms with Crippen molar-refractivity contribution in [1.82, 2.24) is 10.6 Å². The number of halogens is 1. The Morgan fingerprint density at radius 2 is 1.72 bits per heavy atom. The van der Waals surface area contributed by atoms with E-state index in [1.165, 1.54) is 5.56 Å². The summed E-state index contributed by atoms with van der Waals surface area (Å²) in [6.45, 7) is 5.99. The predicted octanol–water partition coefficient (Wildman–Crippen LogP) is 4.12. The molecule has 2 N–H and O–H groups in total. The number of rotatable bonds is 7. The third kappa shape index (κ3) is 6.60. The maximum Gasteiger partial charge on any atom is 0.191 e. The van der Waals surface area contributed by atoms with Crippen LogP contribution in [0.25, 0.3) is 0 Å². The molecular formula is C23H32IN3O2. The average Bonchev–Trinajstić information content (AvgIpc) is 2.77. The number of hydrogen-bond acceptors (Lipinski definition) is 3. The summed E-state index contributed by atoms with van der Waals surface area (Å²) >= 11 is 0. The molecule has 0 bridgehead atoms. The maximum atomic E-state index is 5.64. The highest BCUT2D eigenvalue weighted by atomic mass is 127. The van der Waals surface area contributed by atoms with Crippen molar-refractivity contribution < 1.29 is 9.47 Å². The second kappa shape index (κ2) is 12.0. The first-order valence-electron chi connectivity index (χ1n) is 10.0. The van der Waals surface area contributed by atoms with Crippen LogP contribution in [0.2, 0.25) is 0 Å². The molecule has 1 saturated heterocycles. The van der Waals surface area contributed by atoms with Gasteiger partial charge in [-0.2, -0.15) is 0 Å². The molecule has 5 nitrogen and oxygen atoms in total. The molecule has 6 heteroatoms. The summed E-state index contributed by atoms with van der Waals surface area (Å²) in [7, 11) is 1.68. The number of aliphatic imine (C=N–C) groups is 1. The Hall–Kier alpha value is -1.80. The standard InChI is InChI=1S/C23H31N3O2.HI/c1-3-24-22(25-17-19-9-11-21(27-2)12-10-19)26-18-23(13-15-28-16-14-23)20-7-5-4-6-8-20;/h4-12H,3,13-18H2,1-2H3,(H2,24,25,26);1H. The quantitative estimate of drug-likeness (QED) is 0.335. The predicted molar refractivity (Wildman–Crippen MR) is 129 cm³/mol. The van der Waals surface area contributed by atoms with Gasteiger partial charge in [-0.25, -0.2) is 4.99 Å². The van der Waals surface area contributed by atoms with Gasteiger partial charge >= 0.3 is 0 Å². The molecule has 0 radical (unpaired) electrons. The van der Waals surface area contributed by atoms with E-state index in [1.807, 2.05) is 12.1 Å². The second-order valence-electron chi connectivity index (χ2n) is 7.16. The first kappa shape index (κ1) is 23.5. The molecule has 1 aliphatic heterocycles. The number of methoxy groups -OCH3 is 1. The van der Waals surface area contributed by atoms with Gasteiger partial charge in [0.25, 0.3) is 0 Å². The molecule has 1 aliphatic rings. The first-order valence-corrected chi connectivity index (χ1v) is 10.0. The van der Waals surface area contributed by atoms with Crippen LogP contribution in [0.15, 0.2) is 59.6 Å². The van der Waals surface area contributed by atoms with Crippen molar-refractivity contribution in [2.24, 2.45) is 4.99 Å². The highest BCUT2D eigenvalue weighted by Crippen LogP contribution is 2.34. The molecule has 0 spiro atoms. The lowest BCUT2D eigenvalue weighted by atomic mass is 9.74. The molecule has 0 aromatic heterocycles. The van der Waals surface area contributed by atoms with Crippen molar-refractivity contribution in [2.45, 2.75) is 31.7 Å². The summed E-state index contributed by atoms with van der Waals surface area (Å²) in [5.41, 5.74) is 2.61. The molecule has 1 fully saturated rings. The molecule has 2 aromatic rings. The van der Waals surface area contributed by atoms with E-state index in [9.17, 15) is 0 Å². The van der Waals surface area contributed by atoms with Crippen LogP contribution in [-0.2, 0) is 16.7 Å². The van der Waals surface area contributed by atoms with Crippen LogP contribution in [0.4, 0.5) is 0 Å². The third-order valence-corrected chi connectivity index (χ3v) is 5.35. The van der Waals surface area contributed by atoms with Gasteiger partial charge in [0.05, 0.1) is 13.7 Å². The Morgan fingerprint density at radius 1 is 1.03 bits per heavy atom. The van der Waals surface area contributed by atoms with Gasteiger partial charge in [0.2, 0.25) is 0 Å². The van der Waals surface area contributed by atoms with Crippen molar-refractivity contribution in [3.05, 3.63) is 65.7 Å². The van der Waals surface area contributed by atoms with Crippen LogP contribution in [-0.4, -0.2) is 39.4 Å². The number of nitrogens with one attached hydrogen (secondary N) is 2. The fraction of sp³-hybridized carbons (Fsp3) is 0.435. The summed E-state index contributed by atoms with van der Waals surface area (Å²) < 4.78 is 10.9. The van der Waals surface area contributed by atoms with E-state index in [-0.39, 0.29) is 29.4 Å². The van der Waals surface area contributed by atoms with E-state index < -0.39 is 0 Å². The number of ether oxygens (including phenoxy) is 2. The lowest BCUT2D eigenvalue weighted by Gasteiger charge is -2.38. The maximum absolute atomic E-state index is 5.64. The van der Waals surface area contributed by atoms with Gasteiger partial charge in [0.1, 0.15) is 5.75 Å². The molecule has 0 aliphatic carbocycles. The Kier molecular flexibility index (Phi) is 9.73. The lowest BCUT2D eigenvalue weighted by Crippen LogP contribution is -2.48. The van der Waals surface area contributed by atoms with Crippen LogP contribution in [0.5, 0.6) is 5.75 Å². The Balaban J connectivity index is 0.00000300. The molecule has 0 atom stereocenters. The van der Waals surface area contributed by atoms with Crippen molar-refractivity contribution in [3.8, 4) is 5.75 Å². The minimum atomic E-state index is 0. The van der Waals surface area contributed by atoms with Crippen molar-refractivity contribution in [1.29, 1.82) is 0 Å². The van der Waals surface area contributed by atoms with Crippen LogP contribution in [0, 0.1) is 0 Å². The van der Waals surface area contributed by atoms with Gasteiger partial charge in [-0.1, -0.05) is 42.5 Å². The molecule has 3 rings (SSSR count). The number of nitrogens with zero attached hydrogens (tertiary/aromatic N) is 1. The average molecular weight is 509 g/mol. The summed E-state index contributed by atoms with van der Waals surface area (Å²) in [5.74, 6) is 1.71. The van der Waals surface area contributed by atoms with E-state index in [1.54, 1.807) is 7.11 Å². The smallest absolute Gasteiger partial charge is 0.191 e. The zero-order chi connectivity index (χ0) is 19.7. The first-order chi connectivity index (χ1) is 13.8. The van der Waals surface area contributed by atoms with E-state index in [2.05, 4.69) is 60.0 Å². The SMILES string of the molecule is CCNC(=NCc1ccc(OC)cc1)NCC1(c2ccccc2)CCOCC1.I. The molecule has 0 saturated carbocycles. The summed E-state index contributed by atoms with van der Waals surface area (Å²) in [6, 6.07) is 18.8. The molecule has 1 heterocycles. The van der Waals surface area contributed by atoms with E-state index in [0.29, 0.717) is 6.54 Å². The van der Waals surface area contributed by atoms with Crippen molar-refractivity contribution in [3.63, 3.8) is 0 Å². The number of benzene rings is 2. The third-order valence-electron chi connectivity index (χ3n) is 5.35. The fourth-order valence-electron chi connectivity index (χ4n) is 3.62. The highest BCUT2D eigenvalue weighted by Gasteiger charge is 2.34. The molecule has 158 valence electrons. The van der Waals surface area contributed by atoms with Gasteiger partial charge in [-0.15, -0.1) is 24.0 Å². The Bertz CT molecular complexity index is 744. The van der Waals surface area contributed by atoms with Crippen LogP contribution < -0.4 is 15.4 Å². The summed E-state index contributed by atoms with van der Waals surface area (Å²) in [6.07, 6.45) is 2.03. The van der Waals surface area contributed by atoms with Gasteiger partial charge in [0, 0.05) is 31.7 Å². The number of hydrogen-bond donors (Lipinski definition) is 2. The minimum absolute atomic E-state index is 0.